The molecule has 1 aliphatic heterocycles. The molecule has 2 aromatic heterocycles. The van der Waals surface area contributed by atoms with Crippen molar-refractivity contribution in [1.29, 1.82) is 0 Å². The molecular weight excluding hydrogens is 322 g/mol. The second-order valence-electron chi connectivity index (χ2n) is 6.58. The van der Waals surface area contributed by atoms with E-state index in [0.29, 0.717) is 6.04 Å². The molecule has 132 valence electrons. The summed E-state index contributed by atoms with van der Waals surface area (Å²) < 4.78 is 0. The number of hydrogen-bond acceptors (Lipinski definition) is 5. The van der Waals surface area contributed by atoms with E-state index in [2.05, 4.69) is 80.9 Å². The number of aromatic nitrogens is 3. The lowest BCUT2D eigenvalue weighted by Crippen LogP contribution is -2.54. The van der Waals surface area contributed by atoms with Gasteiger partial charge in [-0.3, -0.25) is 4.98 Å². The molecule has 1 saturated heterocycles. The molecule has 1 aromatic carbocycles. The molecule has 1 aliphatic rings. The first-order valence-electron chi connectivity index (χ1n) is 9.11. The number of rotatable bonds is 4. The van der Waals surface area contributed by atoms with E-state index in [-0.39, 0.29) is 12.1 Å². The van der Waals surface area contributed by atoms with Gasteiger partial charge in [0.1, 0.15) is 0 Å². The van der Waals surface area contributed by atoms with Gasteiger partial charge in [-0.1, -0.05) is 37.3 Å². The normalized spacial score (nSPS) is 23.0. The van der Waals surface area contributed by atoms with Crippen LogP contribution in [-0.2, 0) is 0 Å². The van der Waals surface area contributed by atoms with Crippen LogP contribution in [-0.4, -0.2) is 27.8 Å². The minimum absolute atomic E-state index is 0.246. The highest BCUT2D eigenvalue weighted by atomic mass is 15.3. The monoisotopic (exact) mass is 345 g/mol. The molecule has 4 rings (SSSR count). The van der Waals surface area contributed by atoms with Gasteiger partial charge in [-0.2, -0.15) is 10.2 Å². The van der Waals surface area contributed by atoms with Crippen molar-refractivity contribution in [2.75, 3.05) is 11.4 Å². The van der Waals surface area contributed by atoms with Crippen LogP contribution < -0.4 is 10.2 Å². The molecule has 0 saturated carbocycles. The van der Waals surface area contributed by atoms with Crippen molar-refractivity contribution in [1.82, 2.24) is 20.5 Å². The van der Waals surface area contributed by atoms with E-state index in [0.717, 1.165) is 18.7 Å². The Labute approximate surface area is 154 Å². The fourth-order valence-electron chi connectivity index (χ4n) is 3.97. The quantitative estimate of drug-likeness (QED) is 0.784. The molecule has 0 amide bonds. The third-order valence-electron chi connectivity index (χ3n) is 5.14. The summed E-state index contributed by atoms with van der Waals surface area (Å²) in [6, 6.07) is 17.7. The van der Waals surface area contributed by atoms with Gasteiger partial charge < -0.3 is 10.2 Å². The first kappa shape index (κ1) is 16.7. The van der Waals surface area contributed by atoms with Crippen LogP contribution in [0.5, 0.6) is 0 Å². The van der Waals surface area contributed by atoms with Gasteiger partial charge >= 0.3 is 0 Å². The zero-order valence-corrected chi connectivity index (χ0v) is 14.9. The Hall–Kier alpha value is -2.79. The van der Waals surface area contributed by atoms with Crippen LogP contribution in [0.2, 0.25) is 0 Å². The number of nitrogens with one attached hydrogen (secondary N) is 1. The Balaban J connectivity index is 1.76. The molecule has 0 bridgehead atoms. The van der Waals surface area contributed by atoms with E-state index in [4.69, 9.17) is 0 Å². The first-order chi connectivity index (χ1) is 12.9. The Morgan fingerprint density at radius 3 is 2.46 bits per heavy atom. The molecular formula is C21H23N5. The van der Waals surface area contributed by atoms with Gasteiger partial charge in [0.25, 0.3) is 0 Å². The van der Waals surface area contributed by atoms with Gasteiger partial charge in [-0.25, -0.2) is 0 Å². The van der Waals surface area contributed by atoms with Crippen molar-refractivity contribution in [2.24, 2.45) is 0 Å². The second-order valence-corrected chi connectivity index (χ2v) is 6.58. The summed E-state index contributed by atoms with van der Waals surface area (Å²) in [7, 11) is 0. The average Bonchev–Trinajstić information content (AvgIpc) is 2.74. The Bertz CT molecular complexity index is 810. The smallest absolute Gasteiger partial charge is 0.0730 e. The van der Waals surface area contributed by atoms with Crippen LogP contribution in [0.3, 0.4) is 0 Å². The van der Waals surface area contributed by atoms with Gasteiger partial charge in [-0.15, -0.1) is 0 Å². The van der Waals surface area contributed by atoms with Crippen molar-refractivity contribution in [3.8, 4) is 0 Å². The second kappa shape index (κ2) is 7.62. The molecule has 0 spiro atoms. The first-order valence-corrected chi connectivity index (χ1v) is 9.11. The maximum absolute atomic E-state index is 4.17. The van der Waals surface area contributed by atoms with E-state index in [9.17, 15) is 0 Å². The van der Waals surface area contributed by atoms with Crippen LogP contribution in [0.4, 0.5) is 5.69 Å². The van der Waals surface area contributed by atoms with Crippen LogP contribution in [0.15, 0.2) is 73.3 Å². The third-order valence-corrected chi connectivity index (χ3v) is 5.14. The maximum Gasteiger partial charge on any atom is 0.0730 e. The van der Waals surface area contributed by atoms with Crippen molar-refractivity contribution in [3.63, 3.8) is 0 Å². The lowest BCUT2D eigenvalue weighted by Gasteiger charge is -2.48. The van der Waals surface area contributed by atoms with E-state index in [1.165, 1.54) is 11.1 Å². The zero-order valence-electron chi connectivity index (χ0n) is 14.9. The number of piperazine rings is 1. The Kier molecular flexibility index (Phi) is 4.88. The van der Waals surface area contributed by atoms with Gasteiger partial charge in [-0.05, 0) is 35.7 Å². The van der Waals surface area contributed by atoms with Crippen LogP contribution in [0.1, 0.15) is 36.6 Å². The third kappa shape index (κ3) is 3.18. The molecule has 0 aliphatic carbocycles. The lowest BCUT2D eigenvalue weighted by molar-refractivity contribution is 0.315. The van der Waals surface area contributed by atoms with Crippen molar-refractivity contribution >= 4 is 5.69 Å². The summed E-state index contributed by atoms with van der Waals surface area (Å²) in [5, 5.41) is 11.9. The maximum atomic E-state index is 4.17. The van der Waals surface area contributed by atoms with Crippen LogP contribution >= 0.6 is 0 Å². The van der Waals surface area contributed by atoms with Crippen molar-refractivity contribution < 1.29 is 0 Å². The fraction of sp³-hybridized carbons (Fsp3) is 0.286. The molecule has 1 N–H and O–H groups in total. The number of pyridine rings is 1. The predicted molar refractivity (Wildman–Crippen MR) is 103 cm³/mol. The zero-order chi connectivity index (χ0) is 17.8. The molecule has 3 unspecified atom stereocenters. The van der Waals surface area contributed by atoms with Crippen molar-refractivity contribution in [2.45, 2.75) is 31.5 Å². The molecule has 3 atom stereocenters. The average molecular weight is 345 g/mol. The lowest BCUT2D eigenvalue weighted by atomic mass is 9.89. The minimum atomic E-state index is 0.246. The molecule has 26 heavy (non-hydrogen) atoms. The van der Waals surface area contributed by atoms with Gasteiger partial charge in [0.15, 0.2) is 0 Å². The summed E-state index contributed by atoms with van der Waals surface area (Å²) in [6.45, 7) is 3.12. The van der Waals surface area contributed by atoms with Crippen LogP contribution in [0, 0.1) is 0 Å². The minimum Gasteiger partial charge on any atom is -0.357 e. The summed E-state index contributed by atoms with van der Waals surface area (Å²) in [4.78, 5) is 6.68. The molecule has 3 aromatic rings. The van der Waals surface area contributed by atoms with Crippen LogP contribution in [0.25, 0.3) is 0 Å². The largest absolute Gasteiger partial charge is 0.357 e. The molecule has 3 heterocycles. The number of benzene rings is 1. The summed E-state index contributed by atoms with van der Waals surface area (Å²) in [5.41, 5.74) is 3.69. The van der Waals surface area contributed by atoms with Gasteiger partial charge in [0.05, 0.1) is 30.2 Å². The van der Waals surface area contributed by atoms with E-state index in [1.54, 1.807) is 6.20 Å². The highest BCUT2D eigenvalue weighted by Crippen LogP contribution is 2.38. The highest BCUT2D eigenvalue weighted by Gasteiger charge is 2.37. The topological polar surface area (TPSA) is 53.9 Å². The molecule has 0 radical (unpaired) electrons. The summed E-state index contributed by atoms with van der Waals surface area (Å²) in [5.74, 6) is 0. The van der Waals surface area contributed by atoms with Gasteiger partial charge in [0.2, 0.25) is 0 Å². The van der Waals surface area contributed by atoms with E-state index in [1.807, 2.05) is 18.6 Å². The SMILES string of the molecule is CCC1C(c2ccncc2)NCC(c2ccccc2)N1c1ccnnc1. The highest BCUT2D eigenvalue weighted by molar-refractivity contribution is 5.50. The van der Waals surface area contributed by atoms with Gasteiger partial charge in [0, 0.05) is 25.0 Å². The summed E-state index contributed by atoms with van der Waals surface area (Å²) in [6.07, 6.45) is 8.39. The molecule has 1 fully saturated rings. The van der Waals surface area contributed by atoms with E-state index < -0.39 is 0 Å². The predicted octanol–water partition coefficient (Wildman–Crippen LogP) is 3.54. The molecule has 5 heteroatoms. The molecule has 5 nitrogen and oxygen atoms in total. The Morgan fingerprint density at radius 1 is 0.962 bits per heavy atom. The number of anilines is 1. The van der Waals surface area contributed by atoms with Crippen molar-refractivity contribution in [3.05, 3.63) is 84.4 Å². The summed E-state index contributed by atoms with van der Waals surface area (Å²) >= 11 is 0. The standard InChI is InChI=1S/C21H23N5/c1-2-19-21(17-8-11-22-12-9-17)23-15-20(16-6-4-3-5-7-16)26(19)18-10-13-24-25-14-18/h3-14,19-21,23H,2,15H2,1H3. The van der Waals surface area contributed by atoms with E-state index >= 15 is 0 Å². The number of hydrogen-bond donors (Lipinski definition) is 1. The fourth-order valence-corrected chi connectivity index (χ4v) is 3.97. The number of nitrogens with zero attached hydrogens (tertiary/aromatic N) is 4. The Morgan fingerprint density at radius 2 is 1.77 bits per heavy atom.